The Balaban J connectivity index is 4.75. The summed E-state index contributed by atoms with van der Waals surface area (Å²) >= 11 is 4.77. The van der Waals surface area contributed by atoms with Crippen LogP contribution in [0.1, 0.15) is 20.3 Å². The van der Waals surface area contributed by atoms with Crippen LogP contribution in [-0.4, -0.2) is 26.0 Å². The normalized spacial score (nSPS) is 16.5. The molecule has 0 saturated carbocycles. The van der Waals surface area contributed by atoms with E-state index in [4.69, 9.17) is 18.0 Å². The molecule has 0 aromatic carbocycles. The molecule has 0 bridgehead atoms. The largest absolute Gasteiger partial charge is 0.392 e. The van der Waals surface area contributed by atoms with Crippen molar-refractivity contribution in [3.63, 3.8) is 0 Å². The Morgan fingerprint density at radius 2 is 2.08 bits per heavy atom. The maximum atomic E-state index is 11.1. The SMILES string of the molecule is CCC(C)(NS(=O)(=O)NC)C(N)=S. The van der Waals surface area contributed by atoms with Gasteiger partial charge in [-0.3, -0.25) is 0 Å². The van der Waals surface area contributed by atoms with Crippen molar-refractivity contribution in [3.05, 3.63) is 0 Å². The van der Waals surface area contributed by atoms with Crippen molar-refractivity contribution in [3.8, 4) is 0 Å². The summed E-state index contributed by atoms with van der Waals surface area (Å²) in [7, 11) is -2.18. The lowest BCUT2D eigenvalue weighted by atomic mass is 10.0. The van der Waals surface area contributed by atoms with Gasteiger partial charge >= 0.3 is 0 Å². The fourth-order valence-corrected chi connectivity index (χ4v) is 1.85. The first-order chi connectivity index (χ1) is 5.77. The van der Waals surface area contributed by atoms with Crippen LogP contribution in [0.25, 0.3) is 0 Å². The molecule has 0 saturated heterocycles. The van der Waals surface area contributed by atoms with Crippen molar-refractivity contribution >= 4 is 27.4 Å². The number of hydrogen-bond acceptors (Lipinski definition) is 3. The zero-order valence-corrected chi connectivity index (χ0v) is 9.55. The van der Waals surface area contributed by atoms with E-state index in [9.17, 15) is 8.42 Å². The van der Waals surface area contributed by atoms with Crippen LogP contribution in [0, 0.1) is 0 Å². The topological polar surface area (TPSA) is 84.2 Å². The predicted molar refractivity (Wildman–Crippen MR) is 56.6 cm³/mol. The molecule has 0 aromatic rings. The summed E-state index contributed by atoms with van der Waals surface area (Å²) in [5.74, 6) is 0. The second-order valence-electron chi connectivity index (χ2n) is 2.86. The van der Waals surface area contributed by atoms with Gasteiger partial charge in [0.2, 0.25) is 0 Å². The third-order valence-corrected chi connectivity index (χ3v) is 3.59. The molecule has 13 heavy (non-hydrogen) atoms. The molecule has 0 aliphatic carbocycles. The lowest BCUT2D eigenvalue weighted by Gasteiger charge is -2.27. The quantitative estimate of drug-likeness (QED) is 0.551. The van der Waals surface area contributed by atoms with E-state index in [-0.39, 0.29) is 4.99 Å². The van der Waals surface area contributed by atoms with Crippen molar-refractivity contribution in [2.24, 2.45) is 5.73 Å². The molecule has 0 rings (SSSR count). The molecule has 0 fully saturated rings. The van der Waals surface area contributed by atoms with Gasteiger partial charge in [0.1, 0.15) is 0 Å². The van der Waals surface area contributed by atoms with Crippen LogP contribution < -0.4 is 15.2 Å². The summed E-state index contributed by atoms with van der Waals surface area (Å²) in [6.45, 7) is 3.45. The molecule has 7 heteroatoms. The summed E-state index contributed by atoms with van der Waals surface area (Å²) < 4.78 is 26.8. The molecule has 1 unspecified atom stereocenters. The number of hydrogen-bond donors (Lipinski definition) is 3. The summed E-state index contributed by atoms with van der Waals surface area (Å²) in [6.07, 6.45) is 0.503. The van der Waals surface area contributed by atoms with E-state index in [0.29, 0.717) is 6.42 Å². The summed E-state index contributed by atoms with van der Waals surface area (Å²) in [5, 5.41) is 0. The van der Waals surface area contributed by atoms with Crippen LogP contribution in [0.3, 0.4) is 0 Å². The van der Waals surface area contributed by atoms with Gasteiger partial charge in [-0.1, -0.05) is 19.1 Å². The summed E-state index contributed by atoms with van der Waals surface area (Å²) in [4.78, 5) is 0.133. The van der Waals surface area contributed by atoms with Crippen LogP contribution in [-0.2, 0) is 10.2 Å². The number of nitrogens with one attached hydrogen (secondary N) is 2. The minimum absolute atomic E-state index is 0.133. The Kier molecular flexibility index (Phi) is 4.24. The summed E-state index contributed by atoms with van der Waals surface area (Å²) in [5.41, 5.74) is 4.56. The van der Waals surface area contributed by atoms with E-state index < -0.39 is 15.7 Å². The Morgan fingerprint density at radius 3 is 2.31 bits per heavy atom. The minimum atomic E-state index is -3.50. The summed E-state index contributed by atoms with van der Waals surface area (Å²) in [6, 6.07) is 0. The third-order valence-electron chi connectivity index (χ3n) is 1.88. The second-order valence-corrected chi connectivity index (χ2v) is 4.92. The van der Waals surface area contributed by atoms with Crippen LogP contribution in [0.5, 0.6) is 0 Å². The fourth-order valence-electron chi connectivity index (χ4n) is 0.644. The monoisotopic (exact) mass is 225 g/mol. The smallest absolute Gasteiger partial charge is 0.277 e. The maximum absolute atomic E-state index is 11.1. The first kappa shape index (κ1) is 12.8. The molecule has 78 valence electrons. The fraction of sp³-hybridized carbons (Fsp3) is 0.833. The molecule has 0 radical (unpaired) electrons. The van der Waals surface area contributed by atoms with Gasteiger partial charge in [0.05, 0.1) is 10.5 Å². The lowest BCUT2D eigenvalue weighted by Crippen LogP contribution is -2.56. The molecular formula is C6H15N3O2S2. The van der Waals surface area contributed by atoms with E-state index in [2.05, 4.69) is 9.44 Å². The highest BCUT2D eigenvalue weighted by Crippen LogP contribution is 2.10. The van der Waals surface area contributed by atoms with E-state index in [1.807, 2.05) is 0 Å². The van der Waals surface area contributed by atoms with E-state index >= 15 is 0 Å². The second kappa shape index (κ2) is 4.32. The van der Waals surface area contributed by atoms with Crippen molar-refractivity contribution < 1.29 is 8.42 Å². The minimum Gasteiger partial charge on any atom is -0.392 e. The van der Waals surface area contributed by atoms with Gasteiger partial charge in [-0.25, -0.2) is 4.72 Å². The lowest BCUT2D eigenvalue weighted by molar-refractivity contribution is 0.506. The van der Waals surface area contributed by atoms with Crippen LogP contribution >= 0.6 is 12.2 Å². The molecule has 5 nitrogen and oxygen atoms in total. The van der Waals surface area contributed by atoms with E-state index in [1.165, 1.54) is 7.05 Å². The molecule has 1 atom stereocenters. The molecule has 0 aromatic heterocycles. The van der Waals surface area contributed by atoms with Crippen LogP contribution in [0.15, 0.2) is 0 Å². The molecule has 4 N–H and O–H groups in total. The first-order valence-corrected chi connectivity index (χ1v) is 5.69. The Hall–Kier alpha value is -0.240. The zero-order valence-electron chi connectivity index (χ0n) is 7.92. The van der Waals surface area contributed by atoms with Gasteiger partial charge in [0.25, 0.3) is 10.2 Å². The molecule has 0 aliphatic heterocycles. The predicted octanol–water partition coefficient (Wildman–Crippen LogP) is -0.505. The number of rotatable bonds is 5. The molecular weight excluding hydrogens is 210 g/mol. The van der Waals surface area contributed by atoms with Crippen molar-refractivity contribution in [1.29, 1.82) is 0 Å². The highest BCUT2D eigenvalue weighted by atomic mass is 32.2. The highest BCUT2D eigenvalue weighted by Gasteiger charge is 2.29. The van der Waals surface area contributed by atoms with Crippen LogP contribution in [0.4, 0.5) is 0 Å². The third kappa shape index (κ3) is 3.55. The van der Waals surface area contributed by atoms with Gasteiger partial charge in [-0.2, -0.15) is 13.1 Å². The maximum Gasteiger partial charge on any atom is 0.277 e. The Bertz CT molecular complexity index is 288. The van der Waals surface area contributed by atoms with Gasteiger partial charge in [0, 0.05) is 7.05 Å². The van der Waals surface area contributed by atoms with Gasteiger partial charge < -0.3 is 5.73 Å². The molecule has 0 heterocycles. The van der Waals surface area contributed by atoms with Crippen molar-refractivity contribution in [1.82, 2.24) is 9.44 Å². The number of nitrogens with two attached hydrogens (primary N) is 1. The molecule has 0 amide bonds. The first-order valence-electron chi connectivity index (χ1n) is 3.80. The van der Waals surface area contributed by atoms with Crippen molar-refractivity contribution in [2.75, 3.05) is 7.05 Å². The average Bonchev–Trinajstić information content (AvgIpc) is 2.03. The average molecular weight is 225 g/mol. The van der Waals surface area contributed by atoms with E-state index in [1.54, 1.807) is 13.8 Å². The number of thiocarbonyl (C=S) groups is 1. The van der Waals surface area contributed by atoms with Gasteiger partial charge in [-0.05, 0) is 13.3 Å². The highest BCUT2D eigenvalue weighted by molar-refractivity contribution is 7.87. The Labute approximate surface area is 84.3 Å². The molecule has 0 aliphatic rings. The standard InChI is InChI=1S/C6H15N3O2S2/c1-4-6(2,5(7)12)9-13(10,11)8-3/h8-9H,4H2,1-3H3,(H2,7,12). The van der Waals surface area contributed by atoms with Crippen molar-refractivity contribution in [2.45, 2.75) is 25.8 Å². The van der Waals surface area contributed by atoms with E-state index in [0.717, 1.165) is 0 Å². The van der Waals surface area contributed by atoms with Crippen LogP contribution in [0.2, 0.25) is 0 Å². The van der Waals surface area contributed by atoms with Gasteiger partial charge in [0.15, 0.2) is 0 Å². The Morgan fingerprint density at radius 1 is 1.62 bits per heavy atom. The van der Waals surface area contributed by atoms with Gasteiger partial charge in [-0.15, -0.1) is 0 Å². The zero-order chi connectivity index (χ0) is 10.7. The molecule has 0 spiro atoms.